The van der Waals surface area contributed by atoms with E-state index < -0.39 is 5.54 Å². The monoisotopic (exact) mass is 414 g/mol. The van der Waals surface area contributed by atoms with Crippen LogP contribution in [0.25, 0.3) is 5.76 Å². The molecule has 1 radical (unpaired) electrons. The summed E-state index contributed by atoms with van der Waals surface area (Å²) in [7, 11) is 0. The third-order valence-electron chi connectivity index (χ3n) is 5.26. The van der Waals surface area contributed by atoms with E-state index in [2.05, 4.69) is 0 Å². The van der Waals surface area contributed by atoms with Gasteiger partial charge in [-0.1, -0.05) is 65.9 Å². The maximum Gasteiger partial charge on any atom is 0.142 e. The zero-order valence-electron chi connectivity index (χ0n) is 18.5. The molecular weight excluding hydrogens is 386 g/mol. The van der Waals surface area contributed by atoms with Gasteiger partial charge < -0.3 is 9.47 Å². The van der Waals surface area contributed by atoms with Crippen LogP contribution in [-0.2, 0) is 15.5 Å². The van der Waals surface area contributed by atoms with Gasteiger partial charge in [0.1, 0.15) is 22.6 Å². The lowest BCUT2D eigenvalue weighted by atomic mass is 9.78. The maximum absolute atomic E-state index is 14.1. The highest BCUT2D eigenvalue weighted by atomic mass is 16.5. The van der Waals surface area contributed by atoms with Gasteiger partial charge in [-0.25, -0.2) is 5.06 Å². The molecule has 1 aliphatic heterocycles. The van der Waals surface area contributed by atoms with Crippen molar-refractivity contribution in [1.82, 2.24) is 0 Å². The number of rotatable bonds is 5. The third-order valence-corrected chi connectivity index (χ3v) is 5.26. The SMILES string of the molecule is CCOC1=CC(c2ccccc2)(c2ccccc2)N([O])c2ccc(OC(C)(C)C)cc21. The molecule has 159 valence electrons. The van der Waals surface area contributed by atoms with E-state index in [0.717, 1.165) is 21.8 Å². The van der Waals surface area contributed by atoms with Crippen LogP contribution in [0, 0.1) is 0 Å². The summed E-state index contributed by atoms with van der Waals surface area (Å²) in [6, 6.07) is 25.3. The molecule has 31 heavy (non-hydrogen) atoms. The van der Waals surface area contributed by atoms with Gasteiger partial charge in [-0.05, 0) is 63.1 Å². The number of hydrogen-bond acceptors (Lipinski definition) is 3. The van der Waals surface area contributed by atoms with E-state index in [-0.39, 0.29) is 5.60 Å². The standard InChI is InChI=1S/C27H28NO3/c1-5-30-25-19-27(20-12-8-6-9-13-20,21-14-10-7-11-15-21)28(29)24-17-16-22(18-23(24)25)31-26(2,3)4/h6-19H,5H2,1-4H3. The molecule has 0 aromatic heterocycles. The van der Waals surface area contributed by atoms with Gasteiger partial charge in [0.05, 0.1) is 12.3 Å². The molecule has 4 heteroatoms. The second-order valence-electron chi connectivity index (χ2n) is 8.63. The number of benzene rings is 3. The van der Waals surface area contributed by atoms with Crippen molar-refractivity contribution in [2.75, 3.05) is 11.7 Å². The highest BCUT2D eigenvalue weighted by molar-refractivity contribution is 5.81. The van der Waals surface area contributed by atoms with Crippen molar-refractivity contribution in [1.29, 1.82) is 0 Å². The van der Waals surface area contributed by atoms with Crippen LogP contribution in [0.15, 0.2) is 84.9 Å². The van der Waals surface area contributed by atoms with Crippen LogP contribution in [0.2, 0.25) is 0 Å². The van der Waals surface area contributed by atoms with Crippen LogP contribution in [-0.4, -0.2) is 12.2 Å². The summed E-state index contributed by atoms with van der Waals surface area (Å²) < 4.78 is 12.1. The second-order valence-corrected chi connectivity index (χ2v) is 8.63. The molecule has 0 saturated heterocycles. The highest BCUT2D eigenvalue weighted by Gasteiger charge is 2.45. The molecule has 3 aromatic carbocycles. The zero-order chi connectivity index (χ0) is 22.1. The number of hydrogen-bond donors (Lipinski definition) is 0. The molecule has 1 aliphatic rings. The lowest BCUT2D eigenvalue weighted by Crippen LogP contribution is -2.45. The van der Waals surface area contributed by atoms with E-state index in [1.807, 2.05) is 113 Å². The zero-order valence-corrected chi connectivity index (χ0v) is 18.5. The van der Waals surface area contributed by atoms with E-state index in [9.17, 15) is 5.21 Å². The van der Waals surface area contributed by atoms with Gasteiger partial charge in [0.15, 0.2) is 0 Å². The van der Waals surface area contributed by atoms with Crippen molar-refractivity contribution in [2.45, 2.75) is 38.8 Å². The lowest BCUT2D eigenvalue weighted by molar-refractivity contribution is 0.109. The van der Waals surface area contributed by atoms with Gasteiger partial charge in [-0.2, -0.15) is 0 Å². The molecule has 1 heterocycles. The first-order valence-electron chi connectivity index (χ1n) is 10.6. The Balaban J connectivity index is 1.95. The molecule has 0 amide bonds. The molecule has 0 saturated carbocycles. The predicted molar refractivity (Wildman–Crippen MR) is 123 cm³/mol. The molecule has 3 aromatic rings. The van der Waals surface area contributed by atoms with Gasteiger partial charge in [-0.15, -0.1) is 0 Å². The van der Waals surface area contributed by atoms with E-state index in [0.29, 0.717) is 23.8 Å². The Morgan fingerprint density at radius 3 is 1.97 bits per heavy atom. The molecular formula is C27H28NO3. The largest absolute Gasteiger partial charge is 0.493 e. The van der Waals surface area contributed by atoms with E-state index in [1.165, 1.54) is 0 Å². The molecule has 4 rings (SSSR count). The topological polar surface area (TPSA) is 41.6 Å². The Bertz CT molecular complexity index is 1030. The minimum atomic E-state index is -1.04. The first-order chi connectivity index (χ1) is 14.8. The van der Waals surface area contributed by atoms with Gasteiger partial charge in [-0.3, -0.25) is 0 Å². The Hall–Kier alpha value is -3.24. The Morgan fingerprint density at radius 2 is 1.45 bits per heavy atom. The number of fused-ring (bicyclic) bond motifs is 1. The first kappa shape index (κ1) is 21.0. The normalized spacial score (nSPS) is 15.1. The van der Waals surface area contributed by atoms with Crippen LogP contribution >= 0.6 is 0 Å². The van der Waals surface area contributed by atoms with Crippen molar-refractivity contribution in [3.05, 3.63) is 102 Å². The van der Waals surface area contributed by atoms with Crippen LogP contribution in [0.5, 0.6) is 5.75 Å². The van der Waals surface area contributed by atoms with Gasteiger partial charge in [0.25, 0.3) is 0 Å². The second kappa shape index (κ2) is 8.12. The number of hydroxylamine groups is 1. The summed E-state index contributed by atoms with van der Waals surface area (Å²) in [5, 5.41) is 15.2. The molecule has 0 atom stereocenters. The van der Waals surface area contributed by atoms with Gasteiger partial charge >= 0.3 is 0 Å². The molecule has 0 fully saturated rings. The predicted octanol–water partition coefficient (Wildman–Crippen LogP) is 6.35. The molecule has 0 bridgehead atoms. The Labute approximate surface area is 184 Å². The van der Waals surface area contributed by atoms with Crippen molar-refractivity contribution >= 4 is 11.4 Å². The van der Waals surface area contributed by atoms with Crippen molar-refractivity contribution in [3.63, 3.8) is 0 Å². The lowest BCUT2D eigenvalue weighted by Gasteiger charge is -2.42. The summed E-state index contributed by atoms with van der Waals surface area (Å²) in [5.74, 6) is 1.38. The third kappa shape index (κ3) is 3.91. The summed E-state index contributed by atoms with van der Waals surface area (Å²) in [6.45, 7) is 8.45. The van der Waals surface area contributed by atoms with E-state index >= 15 is 0 Å². The van der Waals surface area contributed by atoms with E-state index in [4.69, 9.17) is 9.47 Å². The van der Waals surface area contributed by atoms with Crippen molar-refractivity contribution in [3.8, 4) is 5.75 Å². The van der Waals surface area contributed by atoms with Crippen molar-refractivity contribution in [2.24, 2.45) is 0 Å². The molecule has 0 unspecified atom stereocenters. The minimum Gasteiger partial charge on any atom is -0.493 e. The van der Waals surface area contributed by atoms with Gasteiger partial charge in [0, 0.05) is 5.56 Å². The highest BCUT2D eigenvalue weighted by Crippen LogP contribution is 2.48. The smallest absolute Gasteiger partial charge is 0.142 e. The molecule has 0 aliphatic carbocycles. The number of anilines is 1. The molecule has 4 nitrogen and oxygen atoms in total. The quantitative estimate of drug-likeness (QED) is 0.488. The Kier molecular flexibility index (Phi) is 5.50. The first-order valence-corrected chi connectivity index (χ1v) is 10.6. The van der Waals surface area contributed by atoms with Gasteiger partial charge in [0.2, 0.25) is 0 Å². The Morgan fingerprint density at radius 1 is 0.871 bits per heavy atom. The van der Waals surface area contributed by atoms with Crippen LogP contribution in [0.4, 0.5) is 5.69 Å². The van der Waals surface area contributed by atoms with Crippen LogP contribution in [0.3, 0.4) is 0 Å². The average Bonchev–Trinajstić information content (AvgIpc) is 2.76. The maximum atomic E-state index is 14.1. The fourth-order valence-corrected chi connectivity index (χ4v) is 4.05. The van der Waals surface area contributed by atoms with Crippen LogP contribution < -0.4 is 9.80 Å². The summed E-state index contributed by atoms with van der Waals surface area (Å²) in [5.41, 5.74) is 1.68. The van der Waals surface area contributed by atoms with Crippen LogP contribution in [0.1, 0.15) is 44.4 Å². The fraction of sp³-hybridized carbons (Fsp3) is 0.259. The summed E-state index contributed by atoms with van der Waals surface area (Å²) >= 11 is 0. The fourth-order valence-electron chi connectivity index (χ4n) is 4.05. The molecule has 0 spiro atoms. The number of ether oxygens (including phenoxy) is 2. The minimum absolute atomic E-state index is 0.340. The number of nitrogens with zero attached hydrogens (tertiary/aromatic N) is 1. The van der Waals surface area contributed by atoms with E-state index in [1.54, 1.807) is 0 Å². The average molecular weight is 415 g/mol. The van der Waals surface area contributed by atoms with Crippen molar-refractivity contribution < 1.29 is 14.7 Å². The summed E-state index contributed by atoms with van der Waals surface area (Å²) in [6.07, 6.45) is 1.94. The summed E-state index contributed by atoms with van der Waals surface area (Å²) in [4.78, 5) is 0. The molecule has 0 N–H and O–H groups in total.